The van der Waals surface area contributed by atoms with E-state index in [2.05, 4.69) is 39.2 Å². The molecule has 2 unspecified atom stereocenters. The summed E-state index contributed by atoms with van der Waals surface area (Å²) in [6.45, 7) is 6.20. The Morgan fingerprint density at radius 2 is 1.72 bits per heavy atom. The fraction of sp³-hybridized carbons (Fsp3) is 0.462. The van der Waals surface area contributed by atoms with E-state index < -0.39 is 0 Å². The zero-order valence-corrected chi connectivity index (χ0v) is 10.7. The van der Waals surface area contributed by atoms with Crippen molar-refractivity contribution in [2.45, 2.75) is 25.9 Å². The topological polar surface area (TPSA) is 53.9 Å². The molecular formula is C13H17N5. The largest absolute Gasteiger partial charge is 0.336 e. The van der Waals surface area contributed by atoms with Crippen molar-refractivity contribution in [1.82, 2.24) is 20.5 Å². The van der Waals surface area contributed by atoms with Crippen LogP contribution < -0.4 is 10.2 Å². The van der Waals surface area contributed by atoms with Gasteiger partial charge in [0.2, 0.25) is 5.95 Å². The second kappa shape index (κ2) is 4.49. The molecule has 0 spiro atoms. The SMILES string of the molecule is CC1CN(c2nnc3ccccc3n2)CC(C)N1. The summed E-state index contributed by atoms with van der Waals surface area (Å²) in [6.07, 6.45) is 0. The van der Waals surface area contributed by atoms with Gasteiger partial charge in [0.15, 0.2) is 0 Å². The van der Waals surface area contributed by atoms with E-state index in [-0.39, 0.29) is 0 Å². The smallest absolute Gasteiger partial charge is 0.246 e. The molecule has 94 valence electrons. The molecule has 2 aromatic rings. The van der Waals surface area contributed by atoms with E-state index in [1.165, 1.54) is 0 Å². The Morgan fingerprint density at radius 1 is 1.06 bits per heavy atom. The highest BCUT2D eigenvalue weighted by Crippen LogP contribution is 2.15. The van der Waals surface area contributed by atoms with Crippen molar-refractivity contribution in [2.24, 2.45) is 0 Å². The normalized spacial score (nSPS) is 24.4. The van der Waals surface area contributed by atoms with Crippen molar-refractivity contribution in [2.75, 3.05) is 18.0 Å². The average molecular weight is 243 g/mol. The van der Waals surface area contributed by atoms with Crippen molar-refractivity contribution in [3.63, 3.8) is 0 Å². The summed E-state index contributed by atoms with van der Waals surface area (Å²) >= 11 is 0. The number of benzene rings is 1. The van der Waals surface area contributed by atoms with Gasteiger partial charge in [0.25, 0.3) is 0 Å². The predicted molar refractivity (Wildman–Crippen MR) is 71.6 cm³/mol. The maximum Gasteiger partial charge on any atom is 0.246 e. The number of nitrogens with one attached hydrogen (secondary N) is 1. The van der Waals surface area contributed by atoms with Gasteiger partial charge >= 0.3 is 0 Å². The molecule has 1 aliphatic heterocycles. The molecule has 0 aliphatic carbocycles. The zero-order valence-electron chi connectivity index (χ0n) is 10.7. The Morgan fingerprint density at radius 3 is 2.44 bits per heavy atom. The second-order valence-corrected chi connectivity index (χ2v) is 4.97. The van der Waals surface area contributed by atoms with Gasteiger partial charge in [0.1, 0.15) is 5.52 Å². The summed E-state index contributed by atoms with van der Waals surface area (Å²) in [5, 5.41) is 12.0. The number of piperazine rings is 1. The summed E-state index contributed by atoms with van der Waals surface area (Å²) in [5.41, 5.74) is 1.75. The lowest BCUT2D eigenvalue weighted by atomic mass is 10.1. The molecule has 0 radical (unpaired) electrons. The van der Waals surface area contributed by atoms with E-state index in [9.17, 15) is 0 Å². The first-order valence-corrected chi connectivity index (χ1v) is 6.33. The molecule has 5 nitrogen and oxygen atoms in total. The van der Waals surface area contributed by atoms with Crippen molar-refractivity contribution in [3.8, 4) is 0 Å². The molecule has 2 atom stereocenters. The monoisotopic (exact) mass is 243 g/mol. The molecule has 1 aliphatic rings. The highest BCUT2D eigenvalue weighted by atomic mass is 15.3. The summed E-state index contributed by atoms with van der Waals surface area (Å²) < 4.78 is 0. The summed E-state index contributed by atoms with van der Waals surface area (Å²) in [5.74, 6) is 0.730. The number of anilines is 1. The van der Waals surface area contributed by atoms with Crippen molar-refractivity contribution in [3.05, 3.63) is 24.3 Å². The first-order chi connectivity index (χ1) is 8.72. The zero-order chi connectivity index (χ0) is 12.5. The molecule has 5 heteroatoms. The van der Waals surface area contributed by atoms with Crippen LogP contribution >= 0.6 is 0 Å². The molecule has 1 N–H and O–H groups in total. The van der Waals surface area contributed by atoms with E-state index in [1.54, 1.807) is 0 Å². The minimum absolute atomic E-state index is 0.448. The third-order valence-corrected chi connectivity index (χ3v) is 3.19. The van der Waals surface area contributed by atoms with Gasteiger partial charge in [-0.2, -0.15) is 0 Å². The lowest BCUT2D eigenvalue weighted by molar-refractivity contribution is 0.403. The minimum atomic E-state index is 0.448. The van der Waals surface area contributed by atoms with Crippen LogP contribution in [-0.2, 0) is 0 Å². The average Bonchev–Trinajstić information content (AvgIpc) is 2.37. The van der Waals surface area contributed by atoms with E-state index in [4.69, 9.17) is 0 Å². The van der Waals surface area contributed by atoms with Crippen LogP contribution in [-0.4, -0.2) is 40.4 Å². The standard InChI is InChI=1S/C13H17N5/c1-9-7-18(8-10(2)14-9)13-15-11-5-3-4-6-12(11)16-17-13/h3-6,9-10,14H,7-8H2,1-2H3. The van der Waals surface area contributed by atoms with Gasteiger partial charge in [-0.25, -0.2) is 4.98 Å². The van der Waals surface area contributed by atoms with Crippen LogP contribution in [0.3, 0.4) is 0 Å². The van der Waals surface area contributed by atoms with Gasteiger partial charge in [-0.15, -0.1) is 10.2 Å². The van der Waals surface area contributed by atoms with Crippen molar-refractivity contribution < 1.29 is 0 Å². The lowest BCUT2D eigenvalue weighted by Gasteiger charge is -2.35. The number of fused-ring (bicyclic) bond motifs is 1. The van der Waals surface area contributed by atoms with Gasteiger partial charge in [-0.3, -0.25) is 0 Å². The van der Waals surface area contributed by atoms with E-state index in [1.807, 2.05) is 24.3 Å². The third-order valence-electron chi connectivity index (χ3n) is 3.19. The number of hydrogen-bond acceptors (Lipinski definition) is 5. The van der Waals surface area contributed by atoms with Crippen LogP contribution in [0.2, 0.25) is 0 Å². The fourth-order valence-electron chi connectivity index (χ4n) is 2.50. The van der Waals surface area contributed by atoms with Gasteiger partial charge < -0.3 is 10.2 Å². The molecule has 1 fully saturated rings. The minimum Gasteiger partial charge on any atom is -0.336 e. The van der Waals surface area contributed by atoms with Gasteiger partial charge in [0.05, 0.1) is 5.52 Å². The molecule has 3 rings (SSSR count). The third kappa shape index (κ3) is 2.13. The molecule has 1 saturated heterocycles. The van der Waals surface area contributed by atoms with Crippen molar-refractivity contribution >= 4 is 17.0 Å². The van der Waals surface area contributed by atoms with Gasteiger partial charge in [-0.05, 0) is 26.0 Å². The Labute approximate surface area is 106 Å². The van der Waals surface area contributed by atoms with Gasteiger partial charge in [-0.1, -0.05) is 12.1 Å². The number of rotatable bonds is 1. The quantitative estimate of drug-likeness (QED) is 0.816. The van der Waals surface area contributed by atoms with Crippen LogP contribution in [0.25, 0.3) is 11.0 Å². The highest BCUT2D eigenvalue weighted by Gasteiger charge is 2.23. The highest BCUT2D eigenvalue weighted by molar-refractivity contribution is 5.74. The van der Waals surface area contributed by atoms with Crippen LogP contribution in [0, 0.1) is 0 Å². The van der Waals surface area contributed by atoms with Crippen LogP contribution in [0.1, 0.15) is 13.8 Å². The molecule has 0 bridgehead atoms. The van der Waals surface area contributed by atoms with Crippen LogP contribution in [0.4, 0.5) is 5.95 Å². The molecular weight excluding hydrogens is 226 g/mol. The molecule has 0 saturated carbocycles. The Bertz CT molecular complexity index is 546. The Balaban J connectivity index is 1.93. The van der Waals surface area contributed by atoms with E-state index in [0.717, 1.165) is 30.1 Å². The molecule has 18 heavy (non-hydrogen) atoms. The summed E-state index contributed by atoms with van der Waals surface area (Å²) in [4.78, 5) is 6.79. The second-order valence-electron chi connectivity index (χ2n) is 4.97. The first-order valence-electron chi connectivity index (χ1n) is 6.33. The van der Waals surface area contributed by atoms with Crippen LogP contribution in [0.5, 0.6) is 0 Å². The Hall–Kier alpha value is -1.75. The maximum atomic E-state index is 4.59. The number of nitrogens with zero attached hydrogens (tertiary/aromatic N) is 4. The first kappa shape index (κ1) is 11.3. The molecule has 0 amide bonds. The van der Waals surface area contributed by atoms with E-state index >= 15 is 0 Å². The fourth-order valence-corrected chi connectivity index (χ4v) is 2.50. The molecule has 1 aromatic heterocycles. The Kier molecular flexibility index (Phi) is 2.83. The number of hydrogen-bond donors (Lipinski definition) is 1. The lowest BCUT2D eigenvalue weighted by Crippen LogP contribution is -2.54. The number of para-hydroxylation sites is 1. The molecule has 2 heterocycles. The van der Waals surface area contributed by atoms with E-state index in [0.29, 0.717) is 12.1 Å². The van der Waals surface area contributed by atoms with Gasteiger partial charge in [0, 0.05) is 25.2 Å². The summed E-state index contributed by atoms with van der Waals surface area (Å²) in [7, 11) is 0. The summed E-state index contributed by atoms with van der Waals surface area (Å²) in [6, 6.07) is 8.73. The van der Waals surface area contributed by atoms with Crippen LogP contribution in [0.15, 0.2) is 24.3 Å². The van der Waals surface area contributed by atoms with Crippen molar-refractivity contribution in [1.29, 1.82) is 0 Å². The molecule has 1 aromatic carbocycles. The number of aromatic nitrogens is 3. The maximum absolute atomic E-state index is 4.59. The predicted octanol–water partition coefficient (Wildman–Crippen LogP) is 1.21.